The monoisotopic (exact) mass is 698 g/mol. The number of benzene rings is 2. The lowest BCUT2D eigenvalue weighted by atomic mass is 9.99. The first-order valence-electron chi connectivity index (χ1n) is 15.7. The maximum Gasteiger partial charge on any atom is 0.264 e. The van der Waals surface area contributed by atoms with Crippen molar-refractivity contribution in [3.8, 4) is 5.00 Å². The number of fused-ring (bicyclic) bond motifs is 4. The predicted molar refractivity (Wildman–Crippen MR) is 183 cm³/mol. The Morgan fingerprint density at radius 3 is 2.53 bits per heavy atom. The molecule has 7 rings (SSSR count). The third kappa shape index (κ3) is 5.70. The fraction of sp³-hybridized carbons (Fsp3) is 0.294. The van der Waals surface area contributed by atoms with Crippen LogP contribution in [0.5, 0.6) is 0 Å². The number of rotatable bonds is 8. The van der Waals surface area contributed by atoms with Gasteiger partial charge in [0.15, 0.2) is 5.82 Å². The van der Waals surface area contributed by atoms with Crippen LogP contribution in [0, 0.1) is 20.8 Å². The van der Waals surface area contributed by atoms with E-state index in [0.29, 0.717) is 22.4 Å². The third-order valence-electron chi connectivity index (χ3n) is 8.97. The van der Waals surface area contributed by atoms with Crippen LogP contribution in [0.15, 0.2) is 47.5 Å². The lowest BCUT2D eigenvalue weighted by Crippen LogP contribution is -2.54. The quantitative estimate of drug-likeness (QED) is 0.184. The maximum absolute atomic E-state index is 13.4. The molecule has 15 heteroatoms. The molecule has 5 amide bonds. The average Bonchev–Trinajstić information content (AvgIpc) is 3.65. The van der Waals surface area contributed by atoms with Crippen molar-refractivity contribution in [3.63, 3.8) is 0 Å². The fourth-order valence-corrected chi connectivity index (χ4v) is 7.78. The van der Waals surface area contributed by atoms with Gasteiger partial charge in [-0.25, -0.2) is 0 Å². The van der Waals surface area contributed by atoms with Crippen LogP contribution in [0.2, 0.25) is 5.02 Å². The number of halogens is 1. The minimum Gasteiger partial charge on any atom is -0.383 e. The van der Waals surface area contributed by atoms with Gasteiger partial charge in [-0.1, -0.05) is 29.8 Å². The smallest absolute Gasteiger partial charge is 0.264 e. The van der Waals surface area contributed by atoms with Gasteiger partial charge in [-0.3, -0.25) is 43.7 Å². The van der Waals surface area contributed by atoms with Crippen LogP contribution in [0.3, 0.4) is 0 Å². The molecule has 0 spiro atoms. The SMILES string of the molecule is Cc1sc2c(c1C)C(c1ccc(Cl)cc1)=NC(CC(=O)NCCNc1cccc3c1C(=O)N(C1CCC(=O)NC1=O)C3=O)c1nnc(C)n1-2. The lowest BCUT2D eigenvalue weighted by Gasteiger charge is -2.27. The van der Waals surface area contributed by atoms with E-state index in [1.165, 1.54) is 6.07 Å². The zero-order valence-corrected chi connectivity index (χ0v) is 28.4. The molecule has 0 radical (unpaired) electrons. The molecule has 2 unspecified atom stereocenters. The van der Waals surface area contributed by atoms with Crippen molar-refractivity contribution in [1.29, 1.82) is 0 Å². The summed E-state index contributed by atoms with van der Waals surface area (Å²) in [7, 11) is 0. The van der Waals surface area contributed by atoms with Crippen molar-refractivity contribution in [3.05, 3.63) is 91.8 Å². The van der Waals surface area contributed by atoms with Crippen LogP contribution in [-0.2, 0) is 14.4 Å². The second-order valence-electron chi connectivity index (χ2n) is 12.1. The molecule has 0 aliphatic carbocycles. The van der Waals surface area contributed by atoms with E-state index in [1.807, 2.05) is 35.8 Å². The van der Waals surface area contributed by atoms with E-state index in [0.717, 1.165) is 37.2 Å². The van der Waals surface area contributed by atoms with Crippen molar-refractivity contribution >= 4 is 63.9 Å². The number of aromatic nitrogens is 3. The molecule has 5 heterocycles. The summed E-state index contributed by atoms with van der Waals surface area (Å²) in [6.45, 7) is 6.46. The first-order valence-corrected chi connectivity index (χ1v) is 16.9. The molecule has 1 fully saturated rings. The van der Waals surface area contributed by atoms with Crippen LogP contribution in [0.4, 0.5) is 5.69 Å². The van der Waals surface area contributed by atoms with Gasteiger partial charge in [0.25, 0.3) is 11.8 Å². The second-order valence-corrected chi connectivity index (χ2v) is 13.7. The molecule has 49 heavy (non-hydrogen) atoms. The van der Waals surface area contributed by atoms with Crippen LogP contribution < -0.4 is 16.0 Å². The topological polar surface area (TPSA) is 168 Å². The number of amides is 5. The highest BCUT2D eigenvalue weighted by atomic mass is 35.5. The molecule has 4 aromatic rings. The second kappa shape index (κ2) is 12.7. The Labute approximate surface area is 289 Å². The normalized spacial score (nSPS) is 18.4. The highest BCUT2D eigenvalue weighted by Gasteiger charge is 2.45. The van der Waals surface area contributed by atoms with E-state index in [-0.39, 0.29) is 49.4 Å². The van der Waals surface area contributed by atoms with E-state index in [2.05, 4.69) is 40.0 Å². The van der Waals surface area contributed by atoms with E-state index in [1.54, 1.807) is 23.5 Å². The third-order valence-corrected chi connectivity index (χ3v) is 10.4. The Balaban J connectivity index is 1.06. The largest absolute Gasteiger partial charge is 0.383 e. The number of anilines is 1. The van der Waals surface area contributed by atoms with Crippen molar-refractivity contribution in [2.75, 3.05) is 18.4 Å². The molecular weight excluding hydrogens is 668 g/mol. The Kier molecular flexibility index (Phi) is 8.36. The van der Waals surface area contributed by atoms with Gasteiger partial charge in [0.1, 0.15) is 22.9 Å². The van der Waals surface area contributed by atoms with Gasteiger partial charge in [0.2, 0.25) is 17.7 Å². The average molecular weight is 699 g/mol. The van der Waals surface area contributed by atoms with Gasteiger partial charge in [0, 0.05) is 46.2 Å². The van der Waals surface area contributed by atoms with Gasteiger partial charge >= 0.3 is 0 Å². The van der Waals surface area contributed by atoms with E-state index in [9.17, 15) is 24.0 Å². The number of piperidine rings is 1. The zero-order valence-electron chi connectivity index (χ0n) is 26.8. The molecule has 3 aliphatic heterocycles. The molecule has 3 N–H and O–H groups in total. The number of aryl methyl sites for hydroxylation is 2. The Morgan fingerprint density at radius 1 is 1.00 bits per heavy atom. The number of imide groups is 2. The van der Waals surface area contributed by atoms with Crippen molar-refractivity contribution in [2.45, 2.75) is 52.1 Å². The standard InChI is InChI=1S/C34H31ClN8O5S/c1-16-17(2)49-34-27(16)29(19-7-9-20(35)10-8-19)38-23(30-41-40-18(3)42(30)34)15-26(45)37-14-13-36-22-6-4-5-21-28(22)33(48)43(32(21)47)24-11-12-25(44)39-31(24)46/h4-10,23-24,36H,11-15H2,1-3H3,(H,37,45)(H,39,44,46). The summed E-state index contributed by atoms with van der Waals surface area (Å²) < 4.78 is 1.98. The Morgan fingerprint density at radius 2 is 1.78 bits per heavy atom. The van der Waals surface area contributed by atoms with Crippen molar-refractivity contribution in [2.24, 2.45) is 4.99 Å². The highest BCUT2D eigenvalue weighted by molar-refractivity contribution is 7.15. The van der Waals surface area contributed by atoms with E-state index >= 15 is 0 Å². The van der Waals surface area contributed by atoms with Crippen LogP contribution in [0.1, 0.15) is 79.2 Å². The van der Waals surface area contributed by atoms with Crippen molar-refractivity contribution < 1.29 is 24.0 Å². The molecule has 2 aromatic heterocycles. The summed E-state index contributed by atoms with van der Waals surface area (Å²) in [4.78, 5) is 71.2. The van der Waals surface area contributed by atoms with Crippen molar-refractivity contribution in [1.82, 2.24) is 30.3 Å². The molecular formula is C34H31ClN8O5S. The summed E-state index contributed by atoms with van der Waals surface area (Å²) >= 11 is 7.84. The first-order chi connectivity index (χ1) is 23.5. The summed E-state index contributed by atoms with van der Waals surface area (Å²) in [5, 5.41) is 18.6. The number of hydrogen-bond donors (Lipinski definition) is 3. The molecule has 0 saturated carbocycles. The molecule has 2 aromatic carbocycles. The Bertz CT molecular complexity index is 2100. The number of nitrogens with one attached hydrogen (secondary N) is 3. The number of carbonyl (C=O) groups excluding carboxylic acids is 5. The van der Waals surface area contributed by atoms with Crippen LogP contribution in [-0.4, -0.2) is 74.0 Å². The summed E-state index contributed by atoms with van der Waals surface area (Å²) in [6.07, 6.45) is 0.118. The fourth-order valence-electron chi connectivity index (χ4n) is 6.44. The molecule has 2 atom stereocenters. The number of carbonyl (C=O) groups is 5. The first kappa shape index (κ1) is 32.3. The number of aliphatic imine (C=N–C) groups is 1. The van der Waals surface area contributed by atoms with Gasteiger partial charge in [-0.05, 0) is 57.0 Å². The summed E-state index contributed by atoms with van der Waals surface area (Å²) in [5.74, 6) is -1.30. The van der Waals surface area contributed by atoms with Crippen LogP contribution in [0.25, 0.3) is 5.00 Å². The molecule has 0 bridgehead atoms. The van der Waals surface area contributed by atoms with Gasteiger partial charge in [-0.15, -0.1) is 21.5 Å². The minimum atomic E-state index is -1.06. The molecule has 3 aliphatic rings. The molecule has 1 saturated heterocycles. The van der Waals surface area contributed by atoms with Gasteiger partial charge < -0.3 is 10.6 Å². The molecule has 13 nitrogen and oxygen atoms in total. The zero-order chi connectivity index (χ0) is 34.6. The van der Waals surface area contributed by atoms with Gasteiger partial charge in [0.05, 0.1) is 23.3 Å². The highest BCUT2D eigenvalue weighted by Crippen LogP contribution is 2.39. The summed E-state index contributed by atoms with van der Waals surface area (Å²) in [5.41, 5.74) is 4.42. The predicted octanol–water partition coefficient (Wildman–Crippen LogP) is 3.82. The minimum absolute atomic E-state index is 0.0107. The summed E-state index contributed by atoms with van der Waals surface area (Å²) in [6, 6.07) is 10.6. The molecule has 250 valence electrons. The van der Waals surface area contributed by atoms with E-state index in [4.69, 9.17) is 16.6 Å². The number of nitrogens with zero attached hydrogens (tertiary/aromatic N) is 5. The van der Waals surface area contributed by atoms with Crippen LogP contribution >= 0.6 is 22.9 Å². The van der Waals surface area contributed by atoms with E-state index < -0.39 is 35.7 Å². The Hall–Kier alpha value is -5.21. The number of thiophene rings is 1. The number of hydrogen-bond acceptors (Lipinski definition) is 10. The maximum atomic E-state index is 13.4. The van der Waals surface area contributed by atoms with Gasteiger partial charge in [-0.2, -0.15) is 0 Å². The lowest BCUT2D eigenvalue weighted by molar-refractivity contribution is -0.136.